The average Bonchev–Trinajstić information content (AvgIpc) is 2.64. The lowest BCUT2D eigenvalue weighted by Crippen LogP contribution is -3.12. The molecule has 0 bridgehead atoms. The van der Waals surface area contributed by atoms with Gasteiger partial charge in [-0.15, -0.1) is 0 Å². The largest absolute Gasteiger partial charge is 0.335 e. The Morgan fingerprint density at radius 1 is 0.857 bits per heavy atom. The summed E-state index contributed by atoms with van der Waals surface area (Å²) < 4.78 is 54.7. The van der Waals surface area contributed by atoms with E-state index in [-0.39, 0.29) is 9.79 Å². The van der Waals surface area contributed by atoms with Gasteiger partial charge in [0.2, 0.25) is 10.0 Å². The monoisotopic (exact) mass is 424 g/mol. The molecule has 0 aromatic heterocycles. The molecule has 28 heavy (non-hydrogen) atoms. The van der Waals surface area contributed by atoms with Crippen LogP contribution in [0.3, 0.4) is 0 Å². The third-order valence-electron chi connectivity index (χ3n) is 5.11. The highest BCUT2D eigenvalue weighted by molar-refractivity contribution is 7.92. The topological polar surface area (TPSA) is 88.0 Å². The third-order valence-corrected chi connectivity index (χ3v) is 8.40. The molecule has 152 valence electrons. The van der Waals surface area contributed by atoms with Gasteiger partial charge in [0.25, 0.3) is 10.0 Å². The molecule has 1 saturated heterocycles. The Bertz CT molecular complexity index is 1060. The molecule has 0 aliphatic carbocycles. The van der Waals surface area contributed by atoms with Crippen molar-refractivity contribution in [1.82, 2.24) is 4.31 Å². The quantitative estimate of drug-likeness (QED) is 0.737. The first-order valence-electron chi connectivity index (χ1n) is 9.11. The number of benzene rings is 2. The van der Waals surface area contributed by atoms with E-state index in [9.17, 15) is 16.8 Å². The first kappa shape index (κ1) is 20.8. The Balaban J connectivity index is 1.78. The normalized spacial score (nSPS) is 16.8. The predicted molar refractivity (Wildman–Crippen MR) is 109 cm³/mol. The molecule has 1 aliphatic heterocycles. The van der Waals surface area contributed by atoms with Gasteiger partial charge in [-0.25, -0.2) is 16.8 Å². The summed E-state index contributed by atoms with van der Waals surface area (Å²) in [6.45, 7) is 6.28. The summed E-state index contributed by atoms with van der Waals surface area (Å²) in [5, 5.41) is 0. The van der Waals surface area contributed by atoms with Gasteiger partial charge < -0.3 is 4.90 Å². The van der Waals surface area contributed by atoms with Crippen LogP contribution in [0.4, 0.5) is 5.69 Å². The van der Waals surface area contributed by atoms with E-state index in [1.165, 1.54) is 33.5 Å². The summed E-state index contributed by atoms with van der Waals surface area (Å²) >= 11 is 0. The number of quaternary nitrogens is 1. The number of hydrogen-bond donors (Lipinski definition) is 2. The zero-order valence-electron chi connectivity index (χ0n) is 16.3. The molecule has 0 radical (unpaired) electrons. The van der Waals surface area contributed by atoms with Crippen LogP contribution in [0, 0.1) is 13.8 Å². The van der Waals surface area contributed by atoms with Crippen molar-refractivity contribution in [2.75, 3.05) is 37.9 Å². The average molecular weight is 425 g/mol. The molecule has 2 aromatic carbocycles. The number of hydrogen-bond acceptors (Lipinski definition) is 4. The molecule has 2 N–H and O–H groups in total. The predicted octanol–water partition coefficient (Wildman–Crippen LogP) is 0.623. The number of anilines is 1. The fourth-order valence-electron chi connectivity index (χ4n) is 3.05. The van der Waals surface area contributed by atoms with Crippen LogP contribution >= 0.6 is 0 Å². The summed E-state index contributed by atoms with van der Waals surface area (Å²) in [5.41, 5.74) is 2.22. The maximum atomic E-state index is 12.8. The Kier molecular flexibility index (Phi) is 5.81. The molecular formula is C19H26N3O4S2+. The smallest absolute Gasteiger partial charge is 0.261 e. The summed E-state index contributed by atoms with van der Waals surface area (Å²) in [7, 11) is -5.26. The summed E-state index contributed by atoms with van der Waals surface area (Å²) in [6.07, 6.45) is 0. The lowest BCUT2D eigenvalue weighted by atomic mass is 10.1. The molecule has 1 fully saturated rings. The van der Waals surface area contributed by atoms with Gasteiger partial charge in [0.05, 0.1) is 43.0 Å². The van der Waals surface area contributed by atoms with E-state index in [1.807, 2.05) is 20.9 Å². The molecule has 0 spiro atoms. The van der Waals surface area contributed by atoms with Crippen LogP contribution in [-0.2, 0) is 20.0 Å². The highest BCUT2D eigenvalue weighted by Gasteiger charge is 2.29. The number of rotatable bonds is 5. The second-order valence-corrected chi connectivity index (χ2v) is 10.9. The van der Waals surface area contributed by atoms with E-state index in [2.05, 4.69) is 4.72 Å². The van der Waals surface area contributed by atoms with Crippen LogP contribution in [-0.4, -0.2) is 54.4 Å². The number of sulfonamides is 2. The second-order valence-electron chi connectivity index (χ2n) is 7.24. The van der Waals surface area contributed by atoms with Crippen molar-refractivity contribution in [3.63, 3.8) is 0 Å². The van der Waals surface area contributed by atoms with Crippen LogP contribution < -0.4 is 9.62 Å². The molecule has 0 unspecified atom stereocenters. The Morgan fingerprint density at radius 2 is 1.43 bits per heavy atom. The van der Waals surface area contributed by atoms with Crippen LogP contribution in [0.2, 0.25) is 0 Å². The lowest BCUT2D eigenvalue weighted by Gasteiger charge is -2.29. The van der Waals surface area contributed by atoms with Gasteiger partial charge >= 0.3 is 0 Å². The summed E-state index contributed by atoms with van der Waals surface area (Å²) in [4.78, 5) is 1.65. The van der Waals surface area contributed by atoms with Gasteiger partial charge in [-0.1, -0.05) is 6.07 Å². The van der Waals surface area contributed by atoms with Crippen molar-refractivity contribution < 1.29 is 21.7 Å². The van der Waals surface area contributed by atoms with Gasteiger partial charge in [-0.3, -0.25) is 4.72 Å². The molecule has 2 aromatic rings. The minimum atomic E-state index is -3.74. The zero-order chi connectivity index (χ0) is 20.5. The molecule has 9 heteroatoms. The minimum absolute atomic E-state index is 0.168. The van der Waals surface area contributed by atoms with Crippen molar-refractivity contribution in [3.8, 4) is 0 Å². The molecule has 3 rings (SSSR count). The molecular weight excluding hydrogens is 398 g/mol. The Labute approximate surface area is 167 Å². The first-order valence-corrected chi connectivity index (χ1v) is 12.0. The van der Waals surface area contributed by atoms with Gasteiger partial charge in [-0.05, 0) is 61.4 Å². The van der Waals surface area contributed by atoms with Gasteiger partial charge in [0.15, 0.2) is 0 Å². The number of nitrogens with one attached hydrogen (secondary N) is 2. The summed E-state index contributed by atoms with van der Waals surface area (Å²) in [6, 6.07) is 10.8. The SMILES string of the molecule is Cc1ccc(S(=O)(=O)Nc2ccc(S(=O)(=O)N3CC[NH+](C)CC3)cc2)cc1C. The van der Waals surface area contributed by atoms with Crippen molar-refractivity contribution in [2.24, 2.45) is 0 Å². The molecule has 7 nitrogen and oxygen atoms in total. The van der Waals surface area contributed by atoms with E-state index in [0.29, 0.717) is 18.8 Å². The number of likely N-dealkylation sites (N-methyl/N-ethyl adjacent to an activating group) is 1. The van der Waals surface area contributed by atoms with Crippen LogP contribution in [0.1, 0.15) is 11.1 Å². The second kappa shape index (κ2) is 7.82. The minimum Gasteiger partial charge on any atom is -0.335 e. The van der Waals surface area contributed by atoms with E-state index in [4.69, 9.17) is 0 Å². The van der Waals surface area contributed by atoms with Crippen LogP contribution in [0.25, 0.3) is 0 Å². The van der Waals surface area contributed by atoms with Crippen molar-refractivity contribution in [2.45, 2.75) is 23.6 Å². The Hall–Kier alpha value is -1.94. The molecule has 0 atom stereocenters. The van der Waals surface area contributed by atoms with Crippen molar-refractivity contribution in [1.29, 1.82) is 0 Å². The van der Waals surface area contributed by atoms with Crippen molar-refractivity contribution in [3.05, 3.63) is 53.6 Å². The standard InChI is InChI=1S/C19H25N3O4S2/c1-15-4-7-19(14-16(15)2)27(23,24)20-17-5-8-18(9-6-17)28(25,26)22-12-10-21(3)11-13-22/h4-9,14,20H,10-13H2,1-3H3/p+1. The van der Waals surface area contributed by atoms with Gasteiger partial charge in [-0.2, -0.15) is 4.31 Å². The van der Waals surface area contributed by atoms with E-state index in [1.54, 1.807) is 18.2 Å². The number of aryl methyl sites for hydroxylation is 2. The highest BCUT2D eigenvalue weighted by atomic mass is 32.2. The molecule has 0 saturated carbocycles. The highest BCUT2D eigenvalue weighted by Crippen LogP contribution is 2.22. The molecule has 0 amide bonds. The van der Waals surface area contributed by atoms with E-state index >= 15 is 0 Å². The van der Waals surface area contributed by atoms with Gasteiger partial charge in [0, 0.05) is 5.69 Å². The number of piperazine rings is 1. The zero-order valence-corrected chi connectivity index (χ0v) is 17.9. The maximum Gasteiger partial charge on any atom is 0.261 e. The first-order chi connectivity index (χ1) is 13.1. The Morgan fingerprint density at radius 3 is 2.00 bits per heavy atom. The molecule has 1 aliphatic rings. The third kappa shape index (κ3) is 4.38. The number of nitrogens with zero attached hydrogens (tertiary/aromatic N) is 1. The fraction of sp³-hybridized carbons (Fsp3) is 0.368. The lowest BCUT2D eigenvalue weighted by molar-refractivity contribution is -0.883. The van der Waals surface area contributed by atoms with Crippen LogP contribution in [0.5, 0.6) is 0 Å². The molecule has 1 heterocycles. The maximum absolute atomic E-state index is 12.8. The van der Waals surface area contributed by atoms with Gasteiger partial charge in [0.1, 0.15) is 0 Å². The van der Waals surface area contributed by atoms with E-state index in [0.717, 1.165) is 24.2 Å². The van der Waals surface area contributed by atoms with Crippen LogP contribution in [0.15, 0.2) is 52.3 Å². The summed E-state index contributed by atoms with van der Waals surface area (Å²) in [5.74, 6) is 0. The fourth-order valence-corrected chi connectivity index (χ4v) is 5.63. The van der Waals surface area contributed by atoms with E-state index < -0.39 is 20.0 Å². The van der Waals surface area contributed by atoms with Crippen molar-refractivity contribution >= 4 is 25.7 Å².